The number of fused-ring (bicyclic) bond motifs is 1. The lowest BCUT2D eigenvalue weighted by molar-refractivity contribution is -0.210. The van der Waals surface area contributed by atoms with Gasteiger partial charge in [0.05, 0.1) is 17.9 Å². The van der Waals surface area contributed by atoms with Crippen LogP contribution in [0.3, 0.4) is 0 Å². The van der Waals surface area contributed by atoms with Gasteiger partial charge in [0, 0.05) is 11.8 Å². The fraction of sp³-hybridized carbons (Fsp3) is 0.900. The first-order chi connectivity index (χ1) is 12.0. The molecule has 1 aliphatic heterocycles. The standard InChI is InChI=1S/C20H26O5/c1-20(10-3-8-2-9(5-10)6-11(20)4-8)25-19(23)14-12-7-13-15(14)18(22)24-17(13)16(12)21/h8-17,21H,2-7H2,1H3. The van der Waals surface area contributed by atoms with Gasteiger partial charge in [0.1, 0.15) is 11.7 Å². The van der Waals surface area contributed by atoms with Gasteiger partial charge in [0.15, 0.2) is 0 Å². The van der Waals surface area contributed by atoms with E-state index in [1.807, 2.05) is 0 Å². The summed E-state index contributed by atoms with van der Waals surface area (Å²) in [5, 5.41) is 10.4. The average molecular weight is 346 g/mol. The Labute approximate surface area is 147 Å². The molecule has 1 saturated heterocycles. The fourth-order valence-electron chi connectivity index (χ4n) is 7.91. The zero-order valence-electron chi connectivity index (χ0n) is 14.6. The molecule has 6 saturated carbocycles. The number of hydrogen-bond donors (Lipinski definition) is 1. The fourth-order valence-corrected chi connectivity index (χ4v) is 7.91. The van der Waals surface area contributed by atoms with Gasteiger partial charge in [0.2, 0.25) is 0 Å². The second kappa shape index (κ2) is 4.59. The van der Waals surface area contributed by atoms with E-state index in [2.05, 4.69) is 6.92 Å². The van der Waals surface area contributed by atoms with E-state index < -0.39 is 12.0 Å². The maximum Gasteiger partial charge on any atom is 0.310 e. The maximum atomic E-state index is 13.2. The van der Waals surface area contributed by atoms with Crippen molar-refractivity contribution in [3.8, 4) is 0 Å². The van der Waals surface area contributed by atoms with E-state index >= 15 is 0 Å². The van der Waals surface area contributed by atoms with Crippen LogP contribution < -0.4 is 0 Å². The van der Waals surface area contributed by atoms with Crippen LogP contribution >= 0.6 is 0 Å². The number of hydrogen-bond acceptors (Lipinski definition) is 5. The van der Waals surface area contributed by atoms with Crippen molar-refractivity contribution in [2.75, 3.05) is 0 Å². The molecule has 6 unspecified atom stereocenters. The van der Waals surface area contributed by atoms with Crippen LogP contribution in [0.2, 0.25) is 0 Å². The summed E-state index contributed by atoms with van der Waals surface area (Å²) in [7, 11) is 0. The van der Waals surface area contributed by atoms with Crippen molar-refractivity contribution in [2.45, 2.75) is 63.3 Å². The predicted octanol–water partition coefficient (Wildman–Crippen LogP) is 1.91. The zero-order chi connectivity index (χ0) is 17.1. The third-order valence-electron chi connectivity index (χ3n) is 8.93. The monoisotopic (exact) mass is 346 g/mol. The summed E-state index contributed by atoms with van der Waals surface area (Å²) in [4.78, 5) is 25.4. The molecule has 5 heteroatoms. The van der Waals surface area contributed by atoms with E-state index in [9.17, 15) is 14.7 Å². The molecule has 7 rings (SSSR count). The van der Waals surface area contributed by atoms with E-state index in [0.29, 0.717) is 11.8 Å². The quantitative estimate of drug-likeness (QED) is 0.773. The number of ether oxygens (including phenoxy) is 2. The number of aliphatic hydroxyl groups excluding tert-OH is 1. The van der Waals surface area contributed by atoms with E-state index in [0.717, 1.165) is 18.3 Å². The summed E-state index contributed by atoms with van der Waals surface area (Å²) in [6, 6.07) is 0. The second-order valence-corrected chi connectivity index (χ2v) is 9.92. The molecule has 136 valence electrons. The Morgan fingerprint density at radius 3 is 2.36 bits per heavy atom. The van der Waals surface area contributed by atoms with Crippen molar-refractivity contribution in [1.29, 1.82) is 0 Å². The van der Waals surface area contributed by atoms with E-state index in [-0.39, 0.29) is 41.4 Å². The minimum absolute atomic E-state index is 0.0105. The molecule has 7 fully saturated rings. The lowest BCUT2D eigenvalue weighted by Crippen LogP contribution is -2.59. The van der Waals surface area contributed by atoms with Crippen molar-refractivity contribution in [3.63, 3.8) is 0 Å². The van der Waals surface area contributed by atoms with Crippen LogP contribution in [0.1, 0.15) is 45.4 Å². The first kappa shape index (κ1) is 15.0. The average Bonchev–Trinajstić information content (AvgIpc) is 3.16. The van der Waals surface area contributed by atoms with E-state index in [1.54, 1.807) is 0 Å². The maximum absolute atomic E-state index is 13.2. The van der Waals surface area contributed by atoms with Crippen molar-refractivity contribution in [3.05, 3.63) is 0 Å². The lowest BCUT2D eigenvalue weighted by atomic mass is 9.50. The molecule has 0 aromatic heterocycles. The third-order valence-corrected chi connectivity index (χ3v) is 8.93. The van der Waals surface area contributed by atoms with Crippen LogP contribution in [0.25, 0.3) is 0 Å². The summed E-state index contributed by atoms with van der Waals surface area (Å²) < 4.78 is 11.6. The number of esters is 2. The van der Waals surface area contributed by atoms with Crippen molar-refractivity contribution < 1.29 is 24.2 Å². The van der Waals surface area contributed by atoms with Crippen LogP contribution in [0, 0.1) is 47.3 Å². The summed E-state index contributed by atoms with van der Waals surface area (Å²) in [6.45, 7) is 2.14. The highest BCUT2D eigenvalue weighted by Gasteiger charge is 2.69. The molecule has 0 aromatic rings. The van der Waals surface area contributed by atoms with Gasteiger partial charge in [0.25, 0.3) is 0 Å². The molecule has 6 atom stereocenters. The Balaban J connectivity index is 1.27. The van der Waals surface area contributed by atoms with E-state index in [1.165, 1.54) is 32.1 Å². The highest BCUT2D eigenvalue weighted by molar-refractivity contribution is 5.86. The molecular formula is C20H26O5. The van der Waals surface area contributed by atoms with Crippen LogP contribution in [-0.4, -0.2) is 34.9 Å². The highest BCUT2D eigenvalue weighted by Crippen LogP contribution is 2.61. The van der Waals surface area contributed by atoms with Crippen LogP contribution in [0.5, 0.6) is 0 Å². The molecular weight excluding hydrogens is 320 g/mol. The van der Waals surface area contributed by atoms with Gasteiger partial charge in [-0.15, -0.1) is 0 Å². The van der Waals surface area contributed by atoms with Crippen molar-refractivity contribution in [1.82, 2.24) is 0 Å². The minimum atomic E-state index is -0.698. The van der Waals surface area contributed by atoms with Gasteiger partial charge in [-0.1, -0.05) is 0 Å². The lowest BCUT2D eigenvalue weighted by Gasteiger charge is -2.59. The molecule has 5 nitrogen and oxygen atoms in total. The number of carbonyl (C=O) groups excluding carboxylic acids is 2. The summed E-state index contributed by atoms with van der Waals surface area (Å²) >= 11 is 0. The molecule has 6 aliphatic carbocycles. The van der Waals surface area contributed by atoms with Crippen molar-refractivity contribution >= 4 is 11.9 Å². The zero-order valence-corrected chi connectivity index (χ0v) is 14.6. The molecule has 1 N–H and O–H groups in total. The Morgan fingerprint density at radius 2 is 1.72 bits per heavy atom. The number of aliphatic hydroxyl groups is 1. The van der Waals surface area contributed by atoms with Crippen LogP contribution in [0.4, 0.5) is 0 Å². The topological polar surface area (TPSA) is 72.8 Å². The Hall–Kier alpha value is -1.10. The normalized spacial score (nSPS) is 60.2. The van der Waals surface area contributed by atoms with Gasteiger partial charge < -0.3 is 14.6 Å². The van der Waals surface area contributed by atoms with Gasteiger partial charge in [-0.25, -0.2) is 0 Å². The van der Waals surface area contributed by atoms with E-state index in [4.69, 9.17) is 9.47 Å². The summed E-state index contributed by atoms with van der Waals surface area (Å²) in [5.74, 6) is 1.00. The highest BCUT2D eigenvalue weighted by atomic mass is 16.6. The first-order valence-electron chi connectivity index (χ1n) is 10.1. The SMILES string of the molecule is CC1(OC(=O)C2C3CC4C(OC(=O)C42)C3O)C2CC3CC(C2)CC1C3. The predicted molar refractivity (Wildman–Crippen MR) is 86.0 cm³/mol. The summed E-state index contributed by atoms with van der Waals surface area (Å²) in [5.41, 5.74) is -0.376. The molecule has 25 heavy (non-hydrogen) atoms. The number of carbonyl (C=O) groups is 2. The third kappa shape index (κ3) is 1.74. The molecule has 0 spiro atoms. The number of rotatable bonds is 2. The van der Waals surface area contributed by atoms with Crippen LogP contribution in [0.15, 0.2) is 0 Å². The molecule has 1 heterocycles. The van der Waals surface area contributed by atoms with Crippen molar-refractivity contribution in [2.24, 2.45) is 47.3 Å². The minimum Gasteiger partial charge on any atom is -0.459 e. The van der Waals surface area contributed by atoms with Gasteiger partial charge in [-0.05, 0) is 69.1 Å². The van der Waals surface area contributed by atoms with Crippen LogP contribution in [-0.2, 0) is 19.1 Å². The smallest absolute Gasteiger partial charge is 0.310 e. The molecule has 0 radical (unpaired) electrons. The van der Waals surface area contributed by atoms with Gasteiger partial charge >= 0.3 is 11.9 Å². The second-order valence-electron chi connectivity index (χ2n) is 9.92. The van der Waals surface area contributed by atoms with Gasteiger partial charge in [-0.3, -0.25) is 9.59 Å². The van der Waals surface area contributed by atoms with Gasteiger partial charge in [-0.2, -0.15) is 0 Å². The molecule has 0 amide bonds. The molecule has 0 aromatic carbocycles. The Kier molecular flexibility index (Phi) is 2.76. The Bertz CT molecular complexity index is 628. The summed E-state index contributed by atoms with van der Waals surface area (Å²) in [6.07, 6.45) is 5.74. The largest absolute Gasteiger partial charge is 0.459 e. The molecule has 7 aliphatic rings. The molecule has 6 bridgehead atoms. The first-order valence-corrected chi connectivity index (χ1v) is 10.1. The Morgan fingerprint density at radius 1 is 1.08 bits per heavy atom.